The van der Waals surface area contributed by atoms with E-state index in [1.165, 1.54) is 35.0 Å². The third kappa shape index (κ3) is 1.97. The van der Waals surface area contributed by atoms with Crippen LogP contribution in [-0.4, -0.2) is 14.6 Å². The van der Waals surface area contributed by atoms with Gasteiger partial charge in [0.2, 0.25) is 5.95 Å². The Kier molecular flexibility index (Phi) is 2.81. The Hall–Kier alpha value is -2.57. The van der Waals surface area contributed by atoms with Crippen molar-refractivity contribution in [1.29, 1.82) is 0 Å². The molecule has 2 aromatic heterocycles. The monoisotopic (exact) mass is 278 g/mol. The molecule has 0 saturated heterocycles. The van der Waals surface area contributed by atoms with Crippen molar-refractivity contribution in [3.63, 3.8) is 0 Å². The molecule has 0 aliphatic heterocycles. The molecule has 0 atom stereocenters. The van der Waals surface area contributed by atoms with Crippen molar-refractivity contribution in [2.75, 3.05) is 5.73 Å². The smallest absolute Gasteiger partial charge is 0.263 e. The third-order valence-corrected chi connectivity index (χ3v) is 2.92. The van der Waals surface area contributed by atoms with Gasteiger partial charge >= 0.3 is 0 Å². The number of hydrogen-bond acceptors (Lipinski definition) is 3. The van der Waals surface area contributed by atoms with Crippen LogP contribution in [-0.2, 0) is 0 Å². The molecule has 0 bridgehead atoms. The van der Waals surface area contributed by atoms with E-state index in [1.54, 1.807) is 6.07 Å². The number of nitrogen functional groups attached to an aromatic ring is 1. The van der Waals surface area contributed by atoms with Gasteiger partial charge in [0.25, 0.3) is 6.43 Å². The molecule has 3 aromatic rings. The van der Waals surface area contributed by atoms with E-state index in [9.17, 15) is 13.2 Å². The predicted octanol–water partition coefficient (Wildman–Crippen LogP) is 3.06. The molecular formula is C13H9F3N4. The van der Waals surface area contributed by atoms with Crippen LogP contribution in [0.15, 0.2) is 36.5 Å². The van der Waals surface area contributed by atoms with Gasteiger partial charge in [-0.15, -0.1) is 5.10 Å². The Bertz CT molecular complexity index is 782. The SMILES string of the molecule is Nc1ncc2c(F)cc(-c3cccc(C(F)F)c3)n2n1. The fourth-order valence-electron chi connectivity index (χ4n) is 2.01. The number of benzene rings is 1. The summed E-state index contributed by atoms with van der Waals surface area (Å²) >= 11 is 0. The van der Waals surface area contributed by atoms with Crippen LogP contribution in [0.4, 0.5) is 19.1 Å². The lowest BCUT2D eigenvalue weighted by molar-refractivity contribution is 0.151. The van der Waals surface area contributed by atoms with Crippen LogP contribution in [0.2, 0.25) is 0 Å². The summed E-state index contributed by atoms with van der Waals surface area (Å²) in [4.78, 5) is 3.71. The Morgan fingerprint density at radius 2 is 2.00 bits per heavy atom. The molecule has 0 amide bonds. The topological polar surface area (TPSA) is 56.2 Å². The van der Waals surface area contributed by atoms with Crippen LogP contribution in [0.3, 0.4) is 0 Å². The molecule has 0 saturated carbocycles. The van der Waals surface area contributed by atoms with E-state index < -0.39 is 12.2 Å². The molecule has 2 N–H and O–H groups in total. The highest BCUT2D eigenvalue weighted by molar-refractivity contribution is 5.67. The van der Waals surface area contributed by atoms with Crippen molar-refractivity contribution in [3.05, 3.63) is 47.9 Å². The second kappa shape index (κ2) is 4.52. The van der Waals surface area contributed by atoms with Crippen molar-refractivity contribution < 1.29 is 13.2 Å². The van der Waals surface area contributed by atoms with E-state index >= 15 is 0 Å². The molecule has 0 aliphatic carbocycles. The van der Waals surface area contributed by atoms with E-state index in [1.807, 2.05) is 0 Å². The summed E-state index contributed by atoms with van der Waals surface area (Å²) in [6.45, 7) is 0. The van der Waals surface area contributed by atoms with Gasteiger partial charge < -0.3 is 5.73 Å². The summed E-state index contributed by atoms with van der Waals surface area (Å²) in [5.41, 5.74) is 6.24. The summed E-state index contributed by atoms with van der Waals surface area (Å²) in [6.07, 6.45) is -1.34. The highest BCUT2D eigenvalue weighted by Crippen LogP contribution is 2.28. The molecule has 1 aromatic carbocycles. The average Bonchev–Trinajstić information content (AvgIpc) is 2.75. The van der Waals surface area contributed by atoms with E-state index in [2.05, 4.69) is 10.1 Å². The minimum atomic E-state index is -2.59. The second-order valence-corrected chi connectivity index (χ2v) is 4.22. The molecule has 0 radical (unpaired) electrons. The number of anilines is 1. The lowest BCUT2D eigenvalue weighted by atomic mass is 10.1. The van der Waals surface area contributed by atoms with Crippen molar-refractivity contribution in [2.45, 2.75) is 6.43 Å². The highest BCUT2D eigenvalue weighted by Gasteiger charge is 2.14. The van der Waals surface area contributed by atoms with Crippen LogP contribution in [0.5, 0.6) is 0 Å². The Morgan fingerprint density at radius 1 is 1.20 bits per heavy atom. The first-order valence-corrected chi connectivity index (χ1v) is 5.74. The molecule has 20 heavy (non-hydrogen) atoms. The van der Waals surface area contributed by atoms with E-state index in [-0.39, 0.29) is 17.0 Å². The van der Waals surface area contributed by atoms with Crippen molar-refractivity contribution in [3.8, 4) is 11.3 Å². The van der Waals surface area contributed by atoms with Gasteiger partial charge in [0.05, 0.1) is 11.9 Å². The Morgan fingerprint density at radius 3 is 2.75 bits per heavy atom. The molecule has 0 fully saturated rings. The Labute approximate surface area is 111 Å². The maximum Gasteiger partial charge on any atom is 0.263 e. The van der Waals surface area contributed by atoms with E-state index in [4.69, 9.17) is 5.73 Å². The van der Waals surface area contributed by atoms with Gasteiger partial charge in [-0.05, 0) is 6.07 Å². The Balaban J connectivity index is 2.24. The second-order valence-electron chi connectivity index (χ2n) is 4.22. The van der Waals surface area contributed by atoms with Crippen molar-refractivity contribution in [1.82, 2.24) is 14.6 Å². The lowest BCUT2D eigenvalue weighted by Gasteiger charge is -2.05. The zero-order valence-corrected chi connectivity index (χ0v) is 10.1. The number of halogens is 3. The molecule has 4 nitrogen and oxygen atoms in total. The predicted molar refractivity (Wildman–Crippen MR) is 67.8 cm³/mol. The third-order valence-electron chi connectivity index (χ3n) is 2.92. The number of fused-ring (bicyclic) bond motifs is 1. The largest absolute Gasteiger partial charge is 0.367 e. The minimum absolute atomic E-state index is 0.0284. The van der Waals surface area contributed by atoms with Gasteiger partial charge in [-0.3, -0.25) is 0 Å². The molecule has 0 spiro atoms. The first-order chi connectivity index (χ1) is 9.56. The maximum atomic E-state index is 13.8. The van der Waals surface area contributed by atoms with Gasteiger partial charge in [-0.1, -0.05) is 18.2 Å². The molecule has 102 valence electrons. The molecular weight excluding hydrogens is 269 g/mol. The summed E-state index contributed by atoms with van der Waals surface area (Å²) < 4.78 is 40.5. The molecule has 0 unspecified atom stereocenters. The molecule has 0 aliphatic rings. The zero-order valence-electron chi connectivity index (χ0n) is 10.1. The summed E-state index contributed by atoms with van der Waals surface area (Å²) in [7, 11) is 0. The fourth-order valence-corrected chi connectivity index (χ4v) is 2.01. The highest BCUT2D eigenvalue weighted by atomic mass is 19.3. The van der Waals surface area contributed by atoms with Gasteiger partial charge in [-0.2, -0.15) is 0 Å². The van der Waals surface area contributed by atoms with Crippen LogP contribution in [0.25, 0.3) is 16.8 Å². The first-order valence-electron chi connectivity index (χ1n) is 5.74. The van der Waals surface area contributed by atoms with Gasteiger partial charge in [0.1, 0.15) is 5.52 Å². The van der Waals surface area contributed by atoms with Crippen LogP contribution in [0, 0.1) is 5.82 Å². The van der Waals surface area contributed by atoms with Crippen molar-refractivity contribution in [2.24, 2.45) is 0 Å². The first kappa shape index (κ1) is 12.5. The van der Waals surface area contributed by atoms with Gasteiger partial charge in [0.15, 0.2) is 5.82 Å². The summed E-state index contributed by atoms with van der Waals surface area (Å²) in [5.74, 6) is -0.568. The van der Waals surface area contributed by atoms with Gasteiger partial charge in [-0.25, -0.2) is 22.7 Å². The van der Waals surface area contributed by atoms with Crippen LogP contribution in [0.1, 0.15) is 12.0 Å². The molecule has 3 rings (SSSR count). The summed E-state index contributed by atoms with van der Waals surface area (Å²) in [6, 6.07) is 6.91. The van der Waals surface area contributed by atoms with E-state index in [0.717, 1.165) is 0 Å². The number of rotatable bonds is 2. The number of alkyl halides is 2. The minimum Gasteiger partial charge on any atom is -0.367 e. The van der Waals surface area contributed by atoms with Crippen LogP contribution >= 0.6 is 0 Å². The molecule has 7 heteroatoms. The standard InChI is InChI=1S/C13H9F3N4/c14-9-5-10(20-11(9)6-18-13(17)19-20)7-2-1-3-8(4-7)12(15)16/h1-6,12H,(H2,17,19). The summed E-state index contributed by atoms with van der Waals surface area (Å²) in [5, 5.41) is 3.90. The van der Waals surface area contributed by atoms with Crippen LogP contribution < -0.4 is 5.73 Å². The van der Waals surface area contributed by atoms with Crippen molar-refractivity contribution >= 4 is 11.5 Å². The number of hydrogen-bond donors (Lipinski definition) is 1. The average molecular weight is 278 g/mol. The number of nitrogens with two attached hydrogens (primary N) is 1. The number of nitrogens with zero attached hydrogens (tertiary/aromatic N) is 3. The lowest BCUT2D eigenvalue weighted by Crippen LogP contribution is -2.02. The normalized spacial score (nSPS) is 11.4. The fraction of sp³-hybridized carbons (Fsp3) is 0.0769. The van der Waals surface area contributed by atoms with E-state index in [0.29, 0.717) is 11.3 Å². The zero-order chi connectivity index (χ0) is 14.3. The number of aromatic nitrogens is 3. The molecule has 2 heterocycles. The van der Waals surface area contributed by atoms with Gasteiger partial charge in [0, 0.05) is 17.2 Å². The quantitative estimate of drug-likeness (QED) is 0.783. The maximum absolute atomic E-state index is 13.8.